The fourth-order valence-corrected chi connectivity index (χ4v) is 5.67. The van der Waals surface area contributed by atoms with E-state index in [0.717, 1.165) is 33.8 Å². The Bertz CT molecular complexity index is 1780. The zero-order valence-electron chi connectivity index (χ0n) is 25.3. The van der Waals surface area contributed by atoms with Gasteiger partial charge in [0.2, 0.25) is 0 Å². The van der Waals surface area contributed by atoms with E-state index in [2.05, 4.69) is 39.3 Å². The minimum Gasteiger partial charge on any atom is -0.497 e. The number of nitrogens with one attached hydrogen (secondary N) is 1. The molecule has 44 heavy (non-hydrogen) atoms. The van der Waals surface area contributed by atoms with E-state index in [0.29, 0.717) is 55.4 Å². The number of benzene rings is 3. The molecule has 1 N–H and O–H groups in total. The second kappa shape index (κ2) is 12.8. The predicted octanol–water partition coefficient (Wildman–Crippen LogP) is 4.75. The molecule has 11 nitrogen and oxygen atoms in total. The van der Waals surface area contributed by atoms with Gasteiger partial charge in [0, 0.05) is 30.1 Å². The fourth-order valence-electron chi connectivity index (χ4n) is 5.67. The van der Waals surface area contributed by atoms with Crippen molar-refractivity contribution in [2.24, 2.45) is 5.92 Å². The Balaban J connectivity index is 1.37. The summed E-state index contributed by atoms with van der Waals surface area (Å²) < 4.78 is 24.1. The molecule has 0 saturated heterocycles. The second-order valence-electron chi connectivity index (χ2n) is 11.2. The molecular weight excluding hydrogens is 560 g/mol. The zero-order valence-corrected chi connectivity index (χ0v) is 25.3. The minimum atomic E-state index is -0.208. The average Bonchev–Trinajstić information content (AvgIpc) is 3.48. The van der Waals surface area contributed by atoms with E-state index in [1.165, 1.54) is 0 Å². The van der Waals surface area contributed by atoms with Crippen LogP contribution in [-0.4, -0.2) is 57.5 Å². The molecule has 5 aromatic rings. The first-order valence-corrected chi connectivity index (χ1v) is 14.6. The van der Waals surface area contributed by atoms with Crippen LogP contribution in [0.4, 0.5) is 0 Å². The Morgan fingerprint density at radius 1 is 0.886 bits per heavy atom. The Morgan fingerprint density at radius 3 is 2.16 bits per heavy atom. The molecule has 3 aromatic carbocycles. The number of aromatic nitrogens is 5. The van der Waals surface area contributed by atoms with Crippen molar-refractivity contribution in [1.29, 1.82) is 0 Å². The predicted molar refractivity (Wildman–Crippen MR) is 165 cm³/mol. The smallest absolute Gasteiger partial charge is 0.252 e. The van der Waals surface area contributed by atoms with Crippen LogP contribution in [0.25, 0.3) is 10.9 Å². The van der Waals surface area contributed by atoms with Gasteiger partial charge in [0.15, 0.2) is 17.3 Å². The number of methoxy groups -OCH3 is 2. The van der Waals surface area contributed by atoms with Gasteiger partial charge in [0.25, 0.3) is 5.56 Å². The number of nitrogens with zero attached hydrogens (tertiary/aromatic N) is 5. The summed E-state index contributed by atoms with van der Waals surface area (Å²) in [5.41, 5.74) is 3.29. The SMILES string of the molecule is COc1ccc(CN(Cc2cc3cc4c(cc3[nH]c2=O)OCCO4)[C@@H](c2nnnn2Cc2ccc(OC)cc2)C(C)C)cc1. The van der Waals surface area contributed by atoms with E-state index in [1.54, 1.807) is 14.2 Å². The summed E-state index contributed by atoms with van der Waals surface area (Å²) in [5.74, 6) is 3.72. The third-order valence-electron chi connectivity index (χ3n) is 7.84. The Kier molecular flexibility index (Phi) is 8.47. The molecule has 1 aliphatic rings. The van der Waals surface area contributed by atoms with Crippen LogP contribution in [-0.2, 0) is 19.6 Å². The third-order valence-corrected chi connectivity index (χ3v) is 7.84. The van der Waals surface area contributed by atoms with Gasteiger partial charge in [-0.25, -0.2) is 4.68 Å². The molecule has 0 fully saturated rings. The van der Waals surface area contributed by atoms with Crippen molar-refractivity contribution in [3.05, 3.63) is 99.6 Å². The van der Waals surface area contributed by atoms with Gasteiger partial charge in [-0.2, -0.15) is 0 Å². The number of hydrogen-bond donors (Lipinski definition) is 1. The molecule has 1 aliphatic heterocycles. The van der Waals surface area contributed by atoms with Crippen LogP contribution < -0.4 is 24.5 Å². The molecule has 0 aliphatic carbocycles. The number of hydrogen-bond acceptors (Lipinski definition) is 9. The summed E-state index contributed by atoms with van der Waals surface area (Å²) in [6, 6.07) is 21.3. The summed E-state index contributed by atoms with van der Waals surface area (Å²) in [5, 5.41) is 13.8. The summed E-state index contributed by atoms with van der Waals surface area (Å²) in [4.78, 5) is 18.8. The highest BCUT2D eigenvalue weighted by atomic mass is 16.6. The monoisotopic (exact) mass is 596 g/mol. The number of H-pyrrole nitrogens is 1. The molecule has 11 heteroatoms. The zero-order chi connectivity index (χ0) is 30.6. The number of aromatic amines is 1. The first-order chi connectivity index (χ1) is 21.4. The van der Waals surface area contributed by atoms with Crippen molar-refractivity contribution in [1.82, 2.24) is 30.1 Å². The summed E-state index contributed by atoms with van der Waals surface area (Å²) >= 11 is 0. The topological polar surface area (TPSA) is 117 Å². The number of rotatable bonds is 11. The Labute approximate surface area is 255 Å². The van der Waals surface area contributed by atoms with Crippen LogP contribution in [0.3, 0.4) is 0 Å². The van der Waals surface area contributed by atoms with Gasteiger partial charge in [-0.05, 0) is 63.9 Å². The summed E-state index contributed by atoms with van der Waals surface area (Å²) in [6.07, 6.45) is 0. The third kappa shape index (κ3) is 6.23. The summed E-state index contributed by atoms with van der Waals surface area (Å²) in [7, 11) is 3.30. The molecule has 0 spiro atoms. The number of tetrazole rings is 1. The van der Waals surface area contributed by atoms with Gasteiger partial charge in [-0.3, -0.25) is 9.69 Å². The normalized spacial score (nSPS) is 13.4. The maximum absolute atomic E-state index is 13.5. The molecule has 0 unspecified atom stereocenters. The number of fused-ring (bicyclic) bond motifs is 2. The van der Waals surface area contributed by atoms with E-state index in [4.69, 9.17) is 18.9 Å². The van der Waals surface area contributed by atoms with Crippen molar-refractivity contribution in [3.63, 3.8) is 0 Å². The first-order valence-electron chi connectivity index (χ1n) is 14.6. The highest BCUT2D eigenvalue weighted by Gasteiger charge is 2.30. The van der Waals surface area contributed by atoms with Crippen molar-refractivity contribution in [3.8, 4) is 23.0 Å². The largest absolute Gasteiger partial charge is 0.497 e. The highest BCUT2D eigenvalue weighted by molar-refractivity contribution is 5.83. The van der Waals surface area contributed by atoms with Crippen molar-refractivity contribution >= 4 is 10.9 Å². The molecule has 0 amide bonds. The Morgan fingerprint density at radius 2 is 1.52 bits per heavy atom. The van der Waals surface area contributed by atoms with Crippen LogP contribution in [0.1, 0.15) is 42.4 Å². The molecule has 228 valence electrons. The lowest BCUT2D eigenvalue weighted by Crippen LogP contribution is -2.35. The van der Waals surface area contributed by atoms with Gasteiger partial charge in [0.05, 0.1) is 32.3 Å². The maximum atomic E-state index is 13.5. The van der Waals surface area contributed by atoms with Crippen molar-refractivity contribution < 1.29 is 18.9 Å². The number of pyridine rings is 1. The Hall–Kier alpha value is -4.90. The van der Waals surface area contributed by atoms with Gasteiger partial charge >= 0.3 is 0 Å². The quantitative estimate of drug-likeness (QED) is 0.231. The van der Waals surface area contributed by atoms with E-state index in [9.17, 15) is 4.79 Å². The number of ether oxygens (including phenoxy) is 4. The molecular formula is C33H36N6O5. The molecule has 0 radical (unpaired) electrons. The molecule has 2 aromatic heterocycles. The summed E-state index contributed by atoms with van der Waals surface area (Å²) in [6.45, 7) is 6.68. The van der Waals surface area contributed by atoms with E-state index >= 15 is 0 Å². The highest BCUT2D eigenvalue weighted by Crippen LogP contribution is 2.35. The second-order valence-corrected chi connectivity index (χ2v) is 11.2. The van der Waals surface area contributed by atoms with E-state index < -0.39 is 0 Å². The van der Waals surface area contributed by atoms with E-state index in [1.807, 2.05) is 71.4 Å². The molecule has 6 rings (SSSR count). The molecule has 3 heterocycles. The van der Waals surface area contributed by atoms with Gasteiger partial charge in [-0.15, -0.1) is 5.10 Å². The molecule has 0 bridgehead atoms. The van der Waals surface area contributed by atoms with Gasteiger partial charge in [-0.1, -0.05) is 38.1 Å². The fraction of sp³-hybridized carbons (Fsp3) is 0.333. The first kappa shape index (κ1) is 29.2. The minimum absolute atomic E-state index is 0.117. The van der Waals surface area contributed by atoms with Crippen LogP contribution in [0.15, 0.2) is 71.5 Å². The molecule has 0 saturated carbocycles. The van der Waals surface area contributed by atoms with Crippen LogP contribution in [0, 0.1) is 5.92 Å². The standard InChI is InChI=1S/C33H36N6O5/c1-21(2)31(32-35-36-37-39(32)19-23-7-11-27(42-4)12-8-23)38(18-22-5-9-26(41-3)10-6-22)20-25-15-24-16-29-30(44-14-13-43-29)17-28(24)34-33(25)40/h5-12,15-17,21,31H,13-14,18-20H2,1-4H3,(H,34,40)/t31-/m1/s1. The molecule has 1 atom stereocenters. The average molecular weight is 597 g/mol. The lowest BCUT2D eigenvalue weighted by Gasteiger charge is -2.33. The van der Waals surface area contributed by atoms with Crippen molar-refractivity contribution in [2.75, 3.05) is 27.4 Å². The lowest BCUT2D eigenvalue weighted by atomic mass is 9.99. The van der Waals surface area contributed by atoms with Crippen LogP contribution >= 0.6 is 0 Å². The van der Waals surface area contributed by atoms with E-state index in [-0.39, 0.29) is 17.5 Å². The van der Waals surface area contributed by atoms with Gasteiger partial charge in [0.1, 0.15) is 24.7 Å². The lowest BCUT2D eigenvalue weighted by molar-refractivity contribution is 0.126. The van der Waals surface area contributed by atoms with Crippen LogP contribution in [0.2, 0.25) is 0 Å². The van der Waals surface area contributed by atoms with Gasteiger partial charge < -0.3 is 23.9 Å². The van der Waals surface area contributed by atoms with Crippen LogP contribution in [0.5, 0.6) is 23.0 Å². The maximum Gasteiger partial charge on any atom is 0.252 e. The van der Waals surface area contributed by atoms with Crippen molar-refractivity contribution in [2.45, 2.75) is 39.5 Å².